The first-order valence-corrected chi connectivity index (χ1v) is 24.8. The zero-order chi connectivity index (χ0) is 50.7. The number of quaternary nitrogens is 1. The van der Waals surface area contributed by atoms with Gasteiger partial charge in [-0.2, -0.15) is 0 Å². The number of aliphatic hydroxyl groups is 1. The Balaban J connectivity index is 1.25. The summed E-state index contributed by atoms with van der Waals surface area (Å²) in [6, 6.07) is 6.35. The van der Waals surface area contributed by atoms with Gasteiger partial charge in [0, 0.05) is 67.7 Å². The van der Waals surface area contributed by atoms with Gasteiger partial charge in [-0.05, 0) is 76.5 Å². The van der Waals surface area contributed by atoms with Gasteiger partial charge >= 0.3 is 11.8 Å². The molecule has 0 aromatic heterocycles. The van der Waals surface area contributed by atoms with Crippen LogP contribution in [0.25, 0.3) is 33.3 Å². The van der Waals surface area contributed by atoms with Gasteiger partial charge in [-0.25, -0.2) is 4.98 Å². The van der Waals surface area contributed by atoms with E-state index in [9.17, 15) is 29.4 Å². The van der Waals surface area contributed by atoms with Crippen molar-refractivity contribution in [1.29, 1.82) is 0 Å². The largest absolute Gasteiger partial charge is 0.507 e. The number of carbonyl (C=O) groups is 3. The fourth-order valence-corrected chi connectivity index (χ4v) is 11.9. The van der Waals surface area contributed by atoms with E-state index in [0.29, 0.717) is 30.0 Å². The standard InChI is InChI=1S/C55H69N3O12/c1-27(2)58(26-36-16-17-37(58)24-36)21-23-66-38-18-19-39-41(25-38)69-52-45(56-39)42-43-48(61)34(9)51-44(42)53(63)55(11,70-51)67-22-20-40(65-12)33(8)50(68-35(10)59)32(7)30(5)31(6)47(60)28(3)14-13-15-29(4)54(64)57-46(52)49(43)62/h13-15,18-20,22,25,27-28,30-33,36-37,40,47,50,60H,16-17,21,23-24,26H2,1-12H3,(H-,56,57,61,62,63,64)/p+1/b14-13+,22-20+,29-15-/t28-,30+,31-,32+,33+,36?,37?,40-,47-,50-,55-,58?/m0/s1. The van der Waals surface area contributed by atoms with Gasteiger partial charge in [0.1, 0.15) is 53.4 Å². The van der Waals surface area contributed by atoms with E-state index >= 15 is 0 Å². The summed E-state index contributed by atoms with van der Waals surface area (Å²) in [6.07, 6.45) is 9.63. The van der Waals surface area contributed by atoms with Crippen LogP contribution in [-0.2, 0) is 23.8 Å². The highest BCUT2D eigenvalue weighted by molar-refractivity contribution is 6.22. The summed E-state index contributed by atoms with van der Waals surface area (Å²) in [5, 5.41) is 26.0. The minimum atomic E-state index is -2.00. The van der Waals surface area contributed by atoms with Crippen molar-refractivity contribution in [2.24, 2.45) is 35.5 Å². The SMILES string of the molecule is CO[C@H]1/C=C/O[C@@]2(C)Oc3c(C)c(O)c4c(=O)c(c5oc6cc(OCC[N+]7(C(C)C)CC8CCC7C8)ccc6nc-5c4c3C2=O)NC(=O)/C(C)=C\C=C\[C@H](C)[C@H](O)[C@@H](C)[C@@H](C)[C@@H](C)[C@H](OC(C)=O)[C@@H]1C. The topological polar surface area (TPSA) is 193 Å². The number of carbonyl (C=O) groups excluding carboxylic acids is 3. The predicted molar refractivity (Wildman–Crippen MR) is 266 cm³/mol. The summed E-state index contributed by atoms with van der Waals surface area (Å²) in [4.78, 5) is 61.4. The van der Waals surface area contributed by atoms with Crippen LogP contribution in [0.5, 0.6) is 17.2 Å². The lowest BCUT2D eigenvalue weighted by Crippen LogP contribution is -2.59. The van der Waals surface area contributed by atoms with Crippen molar-refractivity contribution in [3.05, 3.63) is 75.7 Å². The molecule has 376 valence electrons. The number of ether oxygens (including phenoxy) is 5. The number of esters is 1. The van der Waals surface area contributed by atoms with Crippen LogP contribution in [0.4, 0.5) is 5.69 Å². The lowest BCUT2D eigenvalue weighted by atomic mass is 9.73. The van der Waals surface area contributed by atoms with Crippen molar-refractivity contribution in [3.8, 4) is 28.7 Å². The van der Waals surface area contributed by atoms with Crippen LogP contribution < -0.4 is 20.2 Å². The first-order valence-electron chi connectivity index (χ1n) is 24.8. The number of phenolic OH excluding ortho intramolecular Hbond substituents is 1. The second kappa shape index (κ2) is 19.4. The summed E-state index contributed by atoms with van der Waals surface area (Å²) >= 11 is 0. The first kappa shape index (κ1) is 50.6. The molecule has 2 aromatic carbocycles. The minimum absolute atomic E-state index is 0.0156. The Morgan fingerprint density at radius 2 is 1.76 bits per heavy atom. The third-order valence-electron chi connectivity index (χ3n) is 16.5. The number of ketones is 1. The summed E-state index contributed by atoms with van der Waals surface area (Å²) < 4.78 is 38.4. The molecule has 6 aliphatic rings. The molecule has 3 unspecified atom stereocenters. The number of benzene rings is 3. The lowest BCUT2D eigenvalue weighted by molar-refractivity contribution is -0.962. The van der Waals surface area contributed by atoms with E-state index in [1.54, 1.807) is 49.4 Å². The summed E-state index contributed by atoms with van der Waals surface area (Å²) in [5.74, 6) is -4.53. The second-order valence-corrected chi connectivity index (χ2v) is 21.0. The third-order valence-corrected chi connectivity index (χ3v) is 16.5. The van der Waals surface area contributed by atoms with Gasteiger partial charge in [0.15, 0.2) is 11.3 Å². The zero-order valence-corrected chi connectivity index (χ0v) is 42.6. The monoisotopic (exact) mass is 964 g/mol. The summed E-state index contributed by atoms with van der Waals surface area (Å²) in [5.41, 5.74) is -0.215. The molecule has 4 heterocycles. The maximum atomic E-state index is 14.9. The molecule has 6 bridgehead atoms. The summed E-state index contributed by atoms with van der Waals surface area (Å²) in [6.45, 7) is 22.7. The van der Waals surface area contributed by atoms with Crippen LogP contribution in [0, 0.1) is 42.4 Å². The molecule has 1 saturated carbocycles. The van der Waals surface area contributed by atoms with Gasteiger partial charge in [-0.3, -0.25) is 19.2 Å². The van der Waals surface area contributed by atoms with E-state index in [1.807, 2.05) is 34.6 Å². The van der Waals surface area contributed by atoms with Crippen molar-refractivity contribution >= 4 is 45.2 Å². The fourth-order valence-electron chi connectivity index (χ4n) is 11.9. The Morgan fingerprint density at radius 1 is 1.01 bits per heavy atom. The number of methoxy groups -OCH3 is 1. The highest BCUT2D eigenvalue weighted by atomic mass is 16.7. The van der Waals surface area contributed by atoms with Gasteiger partial charge in [0.2, 0.25) is 5.43 Å². The second-order valence-electron chi connectivity index (χ2n) is 21.0. The van der Waals surface area contributed by atoms with Crippen LogP contribution in [0.15, 0.2) is 63.6 Å². The molecule has 15 nitrogen and oxygen atoms in total. The smallest absolute Gasteiger partial charge is 0.312 e. The summed E-state index contributed by atoms with van der Waals surface area (Å²) in [7, 11) is 1.52. The quantitative estimate of drug-likeness (QED) is 0.0689. The first-order chi connectivity index (χ1) is 33.1. The molecule has 0 radical (unpaired) electrons. The Morgan fingerprint density at radius 3 is 2.41 bits per heavy atom. The average molecular weight is 965 g/mol. The molecular weight excluding hydrogens is 895 g/mol. The van der Waals surface area contributed by atoms with E-state index < -0.39 is 58.9 Å². The number of aliphatic hydroxyl groups excluding tert-OH is 1. The number of likely N-dealkylation sites (tertiary alicyclic amines) is 1. The van der Waals surface area contributed by atoms with E-state index in [0.717, 1.165) is 16.9 Å². The van der Waals surface area contributed by atoms with E-state index in [-0.39, 0.29) is 79.6 Å². The number of rotatable bonds is 7. The number of nitrogens with one attached hydrogen (secondary N) is 1. The van der Waals surface area contributed by atoms with Crippen molar-refractivity contribution in [3.63, 3.8) is 0 Å². The molecule has 12 atom stereocenters. The van der Waals surface area contributed by atoms with Crippen LogP contribution in [0.2, 0.25) is 0 Å². The number of amides is 1. The maximum absolute atomic E-state index is 14.9. The molecule has 15 heteroatoms. The molecule has 3 N–H and O–H groups in total. The van der Waals surface area contributed by atoms with Crippen molar-refractivity contribution < 1.29 is 57.2 Å². The number of nitrogens with zero attached hydrogens (tertiary/aromatic N) is 2. The van der Waals surface area contributed by atoms with Gasteiger partial charge in [-0.1, -0.05) is 52.8 Å². The highest BCUT2D eigenvalue weighted by Gasteiger charge is 2.53. The highest BCUT2D eigenvalue weighted by Crippen LogP contribution is 2.51. The van der Waals surface area contributed by atoms with E-state index in [1.165, 1.54) is 60.0 Å². The number of aromatic nitrogens is 1. The van der Waals surface area contributed by atoms with Crippen LogP contribution in [0.1, 0.15) is 104 Å². The molecule has 2 fully saturated rings. The van der Waals surface area contributed by atoms with E-state index in [2.05, 4.69) is 19.2 Å². The molecule has 1 amide bonds. The number of anilines is 1. The van der Waals surface area contributed by atoms with Gasteiger partial charge in [0.05, 0.1) is 48.0 Å². The lowest BCUT2D eigenvalue weighted by Gasteiger charge is -2.45. The number of hydrogen-bond donors (Lipinski definition) is 3. The number of allylic oxidation sites excluding steroid dienone is 2. The van der Waals surface area contributed by atoms with Crippen molar-refractivity contribution in [2.45, 2.75) is 132 Å². The molecule has 70 heavy (non-hydrogen) atoms. The average Bonchev–Trinajstić information content (AvgIpc) is 4.02. The van der Waals surface area contributed by atoms with Crippen LogP contribution in [0.3, 0.4) is 0 Å². The van der Waals surface area contributed by atoms with Crippen molar-refractivity contribution in [2.75, 3.05) is 32.1 Å². The number of fused-ring (bicyclic) bond motifs is 4. The molecule has 4 aliphatic heterocycles. The van der Waals surface area contributed by atoms with E-state index in [4.69, 9.17) is 33.1 Å². The zero-order valence-electron chi connectivity index (χ0n) is 42.6. The molecule has 1 saturated heterocycles. The van der Waals surface area contributed by atoms with Crippen LogP contribution >= 0.6 is 0 Å². The van der Waals surface area contributed by atoms with Crippen LogP contribution in [-0.4, -0.2) is 100 Å². The van der Waals surface area contributed by atoms with Gasteiger partial charge < -0.3 is 48.1 Å². The minimum Gasteiger partial charge on any atom is -0.507 e. The predicted octanol–water partition coefficient (Wildman–Crippen LogP) is 9.01. The third kappa shape index (κ3) is 8.86. The Labute approximate surface area is 409 Å². The van der Waals surface area contributed by atoms with Gasteiger partial charge in [-0.15, -0.1) is 0 Å². The Kier molecular flexibility index (Phi) is 14.1. The number of Topliss-reactive ketones (excluding diaryl/α,β-unsaturated/α-hetero) is 1. The van der Waals surface area contributed by atoms with Crippen molar-refractivity contribution in [1.82, 2.24) is 4.98 Å². The maximum Gasteiger partial charge on any atom is 0.312 e. The number of hydrogen-bond acceptors (Lipinski definition) is 13. The molecular formula is C55H70N3O12+. The van der Waals surface area contributed by atoms with Gasteiger partial charge in [0.25, 0.3) is 11.7 Å². The number of piperidine rings is 1. The molecule has 2 aromatic rings. The Bertz CT molecular complexity index is 2830. The molecule has 8 rings (SSSR count). The fraction of sp³-hybridized carbons (Fsp3) is 0.545. The molecule has 2 aliphatic carbocycles. The normalized spacial score (nSPS) is 33.3. The Hall–Kier alpha value is -5.77. The molecule has 0 spiro atoms. The number of aromatic hydroxyl groups is 1. The number of phenols is 1.